The molecule has 1 saturated carbocycles. The van der Waals surface area contributed by atoms with Gasteiger partial charge in [0, 0.05) is 11.6 Å². The first kappa shape index (κ1) is 22.8. The minimum Gasteiger partial charge on any atom is -0.497 e. The average Bonchev–Trinajstić information content (AvgIpc) is 2.77. The molecule has 10 heteroatoms. The third-order valence-corrected chi connectivity index (χ3v) is 6.15. The van der Waals surface area contributed by atoms with Gasteiger partial charge in [-0.05, 0) is 62.6 Å². The first-order valence-electron chi connectivity index (χ1n) is 10.5. The van der Waals surface area contributed by atoms with E-state index in [1.54, 1.807) is 20.3 Å². The maximum atomic E-state index is 11.6. The molecule has 1 aromatic carbocycles. The molecule has 10 nitrogen and oxygen atoms in total. The van der Waals surface area contributed by atoms with Gasteiger partial charge in [-0.15, -0.1) is 0 Å². The van der Waals surface area contributed by atoms with Crippen molar-refractivity contribution in [3.63, 3.8) is 0 Å². The average molecular weight is 433 g/mol. The summed E-state index contributed by atoms with van der Waals surface area (Å²) >= 11 is 0. The number of guanidine groups is 1. The molecule has 1 fully saturated rings. The SMILES string of the molecule is COc1ccc(CN=C2NC=C([N+](=O)[O-])C(N)(CC3CCC(CN)CC3)N2)c(OC)c1. The monoisotopic (exact) mass is 432 g/mol. The Hall–Kier alpha value is -2.85. The lowest BCUT2D eigenvalue weighted by atomic mass is 9.77. The summed E-state index contributed by atoms with van der Waals surface area (Å²) in [5, 5.41) is 17.6. The zero-order valence-corrected chi connectivity index (χ0v) is 18.1. The van der Waals surface area contributed by atoms with E-state index in [1.165, 1.54) is 6.20 Å². The van der Waals surface area contributed by atoms with E-state index in [4.69, 9.17) is 20.9 Å². The fourth-order valence-electron chi connectivity index (χ4n) is 4.31. The zero-order chi connectivity index (χ0) is 22.4. The van der Waals surface area contributed by atoms with Crippen LogP contribution in [0.25, 0.3) is 0 Å². The van der Waals surface area contributed by atoms with Crippen LogP contribution >= 0.6 is 0 Å². The topological polar surface area (TPSA) is 150 Å². The quantitative estimate of drug-likeness (QED) is 0.358. The zero-order valence-electron chi connectivity index (χ0n) is 18.1. The van der Waals surface area contributed by atoms with Crippen LogP contribution in [-0.2, 0) is 6.54 Å². The second kappa shape index (κ2) is 9.97. The third kappa shape index (κ3) is 5.45. The summed E-state index contributed by atoms with van der Waals surface area (Å²) in [5.74, 6) is 2.56. The molecule has 1 aliphatic heterocycles. The lowest BCUT2D eigenvalue weighted by molar-refractivity contribution is -0.437. The summed E-state index contributed by atoms with van der Waals surface area (Å²) in [4.78, 5) is 15.7. The van der Waals surface area contributed by atoms with Crippen molar-refractivity contribution < 1.29 is 14.4 Å². The molecule has 1 unspecified atom stereocenters. The van der Waals surface area contributed by atoms with Gasteiger partial charge in [-0.1, -0.05) is 0 Å². The first-order valence-corrected chi connectivity index (χ1v) is 10.5. The van der Waals surface area contributed by atoms with Gasteiger partial charge in [0.25, 0.3) is 0 Å². The number of nitrogens with one attached hydrogen (secondary N) is 2. The minimum absolute atomic E-state index is 0.0885. The molecule has 3 rings (SSSR count). The van der Waals surface area contributed by atoms with Crippen LogP contribution in [0.1, 0.15) is 37.7 Å². The number of nitrogens with two attached hydrogens (primary N) is 2. The summed E-state index contributed by atoms with van der Waals surface area (Å²) in [6, 6.07) is 5.48. The van der Waals surface area contributed by atoms with Crippen molar-refractivity contribution in [2.45, 2.75) is 44.3 Å². The molecule has 0 bridgehead atoms. The standard InChI is InChI=1S/C21H32N6O4/c1-30-17-8-7-16(18(9-17)31-2)12-24-20-25-13-19(27(28)29)21(23,26-20)10-14-3-5-15(11-22)6-4-14/h7-9,13-15H,3-6,10-12,22-23H2,1-2H3,(H2,24,25,26). The predicted molar refractivity (Wildman–Crippen MR) is 118 cm³/mol. The number of ether oxygens (including phenoxy) is 2. The summed E-state index contributed by atoms with van der Waals surface area (Å²) in [7, 11) is 3.17. The van der Waals surface area contributed by atoms with Crippen LogP contribution < -0.4 is 31.6 Å². The van der Waals surface area contributed by atoms with Gasteiger partial charge in [0.1, 0.15) is 11.5 Å². The molecule has 0 spiro atoms. The molecule has 1 atom stereocenters. The molecule has 0 amide bonds. The van der Waals surface area contributed by atoms with Crippen molar-refractivity contribution in [3.8, 4) is 11.5 Å². The van der Waals surface area contributed by atoms with Gasteiger partial charge in [-0.25, -0.2) is 4.99 Å². The molecule has 6 N–H and O–H groups in total. The molecule has 1 aliphatic carbocycles. The first-order chi connectivity index (χ1) is 14.9. The van der Waals surface area contributed by atoms with Crippen LogP contribution in [0.4, 0.5) is 0 Å². The smallest absolute Gasteiger partial charge is 0.301 e. The molecule has 0 aromatic heterocycles. The maximum absolute atomic E-state index is 11.6. The molecular weight excluding hydrogens is 400 g/mol. The van der Waals surface area contributed by atoms with Crippen LogP contribution in [0, 0.1) is 22.0 Å². The van der Waals surface area contributed by atoms with E-state index in [0.29, 0.717) is 48.8 Å². The highest BCUT2D eigenvalue weighted by molar-refractivity contribution is 5.83. The number of hydrogen-bond donors (Lipinski definition) is 4. The number of nitro groups is 1. The Bertz CT molecular complexity index is 850. The Kier molecular flexibility index (Phi) is 7.34. The van der Waals surface area contributed by atoms with Gasteiger partial charge in [0.15, 0.2) is 11.6 Å². The third-order valence-electron chi connectivity index (χ3n) is 6.15. The summed E-state index contributed by atoms with van der Waals surface area (Å²) in [5.41, 5.74) is 11.8. The molecule has 1 heterocycles. The number of aliphatic imine (C=N–C) groups is 1. The van der Waals surface area contributed by atoms with E-state index in [9.17, 15) is 10.1 Å². The van der Waals surface area contributed by atoms with E-state index < -0.39 is 10.6 Å². The van der Waals surface area contributed by atoms with E-state index in [-0.39, 0.29) is 5.70 Å². The molecule has 2 aliphatic rings. The molecule has 31 heavy (non-hydrogen) atoms. The van der Waals surface area contributed by atoms with Crippen LogP contribution in [-0.4, -0.2) is 37.3 Å². The van der Waals surface area contributed by atoms with Crippen LogP contribution in [0.15, 0.2) is 35.1 Å². The van der Waals surface area contributed by atoms with Crippen molar-refractivity contribution in [1.29, 1.82) is 0 Å². The minimum atomic E-state index is -1.29. The van der Waals surface area contributed by atoms with Gasteiger partial charge in [0.05, 0.1) is 31.9 Å². The highest BCUT2D eigenvalue weighted by Gasteiger charge is 2.44. The van der Waals surface area contributed by atoms with E-state index >= 15 is 0 Å². The lowest BCUT2D eigenvalue weighted by Gasteiger charge is -2.37. The van der Waals surface area contributed by atoms with Gasteiger partial charge >= 0.3 is 5.70 Å². The second-order valence-corrected chi connectivity index (χ2v) is 8.20. The molecule has 170 valence electrons. The normalized spacial score (nSPS) is 27.1. The van der Waals surface area contributed by atoms with E-state index in [0.717, 1.165) is 31.2 Å². The largest absolute Gasteiger partial charge is 0.497 e. The number of hydrogen-bond acceptors (Lipinski definition) is 7. The van der Waals surface area contributed by atoms with Crippen molar-refractivity contribution >= 4 is 5.96 Å². The Morgan fingerprint density at radius 3 is 2.55 bits per heavy atom. The Morgan fingerprint density at radius 1 is 1.23 bits per heavy atom. The number of methoxy groups -OCH3 is 2. The van der Waals surface area contributed by atoms with E-state index in [2.05, 4.69) is 15.6 Å². The Balaban J connectivity index is 1.74. The van der Waals surface area contributed by atoms with Crippen LogP contribution in [0.3, 0.4) is 0 Å². The molecular formula is C21H32N6O4. The predicted octanol–water partition coefficient (Wildman–Crippen LogP) is 1.68. The van der Waals surface area contributed by atoms with Crippen molar-refractivity contribution in [2.75, 3.05) is 20.8 Å². The highest BCUT2D eigenvalue weighted by atomic mass is 16.6. The van der Waals surface area contributed by atoms with Crippen LogP contribution in [0.2, 0.25) is 0 Å². The van der Waals surface area contributed by atoms with Crippen molar-refractivity contribution in [2.24, 2.45) is 28.3 Å². The van der Waals surface area contributed by atoms with Crippen LogP contribution in [0.5, 0.6) is 11.5 Å². The highest BCUT2D eigenvalue weighted by Crippen LogP contribution is 2.34. The number of nitrogens with zero attached hydrogens (tertiary/aromatic N) is 2. The number of benzene rings is 1. The fraction of sp³-hybridized carbons (Fsp3) is 0.571. The van der Waals surface area contributed by atoms with Gasteiger partial charge in [0.2, 0.25) is 0 Å². The molecule has 1 aromatic rings. The lowest BCUT2D eigenvalue weighted by Crippen LogP contribution is -2.64. The summed E-state index contributed by atoms with van der Waals surface area (Å²) in [6.45, 7) is 0.996. The maximum Gasteiger partial charge on any atom is 0.301 e. The Labute approximate surface area is 182 Å². The second-order valence-electron chi connectivity index (χ2n) is 8.20. The molecule has 0 radical (unpaired) electrons. The van der Waals surface area contributed by atoms with E-state index in [1.807, 2.05) is 12.1 Å². The van der Waals surface area contributed by atoms with Gasteiger partial charge in [-0.2, -0.15) is 0 Å². The fourth-order valence-corrected chi connectivity index (χ4v) is 4.31. The summed E-state index contributed by atoms with van der Waals surface area (Å²) < 4.78 is 10.6. The number of rotatable bonds is 8. The van der Waals surface area contributed by atoms with Gasteiger partial charge < -0.3 is 25.8 Å². The summed E-state index contributed by atoms with van der Waals surface area (Å²) in [6.07, 6.45) is 5.80. The van der Waals surface area contributed by atoms with Crippen molar-refractivity contribution in [1.82, 2.24) is 10.6 Å². The molecule has 0 saturated heterocycles. The van der Waals surface area contributed by atoms with Gasteiger partial charge in [-0.3, -0.25) is 15.8 Å². The Morgan fingerprint density at radius 2 is 1.94 bits per heavy atom. The van der Waals surface area contributed by atoms with Crippen molar-refractivity contribution in [3.05, 3.63) is 45.8 Å².